The zero-order valence-electron chi connectivity index (χ0n) is 12.4. The largest absolute Gasteiger partial charge is 0.481 e. The van der Waals surface area contributed by atoms with E-state index in [2.05, 4.69) is 6.92 Å². The van der Waals surface area contributed by atoms with E-state index in [1.54, 1.807) is 0 Å². The zero-order chi connectivity index (χ0) is 14.5. The van der Waals surface area contributed by atoms with E-state index in [4.69, 9.17) is 0 Å². The first-order valence-corrected chi connectivity index (χ1v) is 7.84. The summed E-state index contributed by atoms with van der Waals surface area (Å²) in [6.07, 6.45) is 8.17. The number of allylic oxidation sites excluding steroid dienone is 2. The van der Waals surface area contributed by atoms with Crippen molar-refractivity contribution in [2.24, 2.45) is 22.7 Å². The van der Waals surface area contributed by atoms with Gasteiger partial charge in [-0.2, -0.15) is 0 Å². The first-order valence-electron chi connectivity index (χ1n) is 7.84. The number of aliphatic carboxylic acids is 1. The van der Waals surface area contributed by atoms with Crippen LogP contribution in [0.15, 0.2) is 11.6 Å². The number of ketones is 1. The molecule has 0 aliphatic heterocycles. The van der Waals surface area contributed by atoms with Crippen molar-refractivity contribution in [3.05, 3.63) is 11.6 Å². The van der Waals surface area contributed by atoms with Gasteiger partial charge in [-0.1, -0.05) is 18.9 Å². The fourth-order valence-electron chi connectivity index (χ4n) is 5.40. The number of carbonyl (C=O) groups excluding carboxylic acids is 1. The molecule has 4 atom stereocenters. The van der Waals surface area contributed by atoms with Crippen molar-refractivity contribution in [2.45, 2.75) is 58.8 Å². The first kappa shape index (κ1) is 13.8. The second-order valence-corrected chi connectivity index (χ2v) is 7.45. The number of rotatable bonds is 1. The molecule has 0 radical (unpaired) electrons. The Morgan fingerprint density at radius 2 is 2.00 bits per heavy atom. The molecule has 0 amide bonds. The lowest BCUT2D eigenvalue weighted by atomic mass is 9.46. The second kappa shape index (κ2) is 4.44. The maximum absolute atomic E-state index is 11.8. The minimum absolute atomic E-state index is 0.0656. The van der Waals surface area contributed by atoms with Crippen LogP contribution in [0, 0.1) is 22.7 Å². The van der Waals surface area contributed by atoms with Crippen LogP contribution in [0.25, 0.3) is 0 Å². The monoisotopic (exact) mass is 276 g/mol. The highest BCUT2D eigenvalue weighted by Gasteiger charge is 2.57. The lowest BCUT2D eigenvalue weighted by molar-refractivity contribution is -0.164. The van der Waals surface area contributed by atoms with Gasteiger partial charge < -0.3 is 5.11 Å². The van der Waals surface area contributed by atoms with E-state index >= 15 is 0 Å². The van der Waals surface area contributed by atoms with Crippen molar-refractivity contribution < 1.29 is 14.7 Å². The molecule has 3 aliphatic carbocycles. The summed E-state index contributed by atoms with van der Waals surface area (Å²) in [6, 6.07) is 0. The van der Waals surface area contributed by atoms with Gasteiger partial charge in [0.1, 0.15) is 0 Å². The minimum Gasteiger partial charge on any atom is -0.481 e. The normalized spacial score (nSPS) is 44.3. The first-order chi connectivity index (χ1) is 9.38. The number of fused-ring (bicyclic) bond motifs is 3. The Morgan fingerprint density at radius 1 is 1.25 bits per heavy atom. The Morgan fingerprint density at radius 3 is 2.70 bits per heavy atom. The van der Waals surface area contributed by atoms with Crippen molar-refractivity contribution in [3.8, 4) is 0 Å². The van der Waals surface area contributed by atoms with Crippen molar-refractivity contribution in [3.63, 3.8) is 0 Å². The molecule has 1 unspecified atom stereocenters. The molecule has 3 heteroatoms. The maximum Gasteiger partial charge on any atom is 0.309 e. The van der Waals surface area contributed by atoms with E-state index < -0.39 is 11.4 Å². The lowest BCUT2D eigenvalue weighted by Crippen LogP contribution is -2.53. The standard InChI is InChI=1S/C17H24O3/c1-16-8-3-9-17(2,15(19)20)14(16)7-4-11-10-12(18)5-6-13(11)16/h10,13-14H,3-9H2,1-2H3,(H,19,20)/t13-,14?,16+,17-/m0/s1. The molecule has 110 valence electrons. The predicted molar refractivity (Wildman–Crippen MR) is 76.2 cm³/mol. The van der Waals surface area contributed by atoms with Crippen LogP contribution in [-0.2, 0) is 9.59 Å². The topological polar surface area (TPSA) is 54.4 Å². The Hall–Kier alpha value is -1.12. The third-order valence-corrected chi connectivity index (χ3v) is 6.46. The predicted octanol–water partition coefficient (Wildman–Crippen LogP) is 3.58. The summed E-state index contributed by atoms with van der Waals surface area (Å²) in [6.45, 7) is 4.23. The highest BCUT2D eigenvalue weighted by Crippen LogP contribution is 2.62. The molecule has 3 rings (SSSR count). The van der Waals surface area contributed by atoms with Crippen molar-refractivity contribution >= 4 is 11.8 Å². The van der Waals surface area contributed by atoms with E-state index in [1.165, 1.54) is 5.57 Å². The molecule has 0 spiro atoms. The Balaban J connectivity index is 2.01. The van der Waals surface area contributed by atoms with Crippen LogP contribution >= 0.6 is 0 Å². The SMILES string of the molecule is C[C@]12CCC[C@](C)(C(=O)O)C1CCC1=CC(=O)CC[C@@H]12. The fourth-order valence-corrected chi connectivity index (χ4v) is 5.40. The average Bonchev–Trinajstić information content (AvgIpc) is 2.37. The van der Waals surface area contributed by atoms with Crippen LogP contribution < -0.4 is 0 Å². The maximum atomic E-state index is 11.8. The summed E-state index contributed by atoms with van der Waals surface area (Å²) in [5.74, 6) is 0.303. The van der Waals surface area contributed by atoms with Gasteiger partial charge in [0.15, 0.2) is 5.78 Å². The highest BCUT2D eigenvalue weighted by atomic mass is 16.4. The van der Waals surface area contributed by atoms with Crippen LogP contribution in [-0.4, -0.2) is 16.9 Å². The number of carbonyl (C=O) groups is 2. The van der Waals surface area contributed by atoms with Gasteiger partial charge in [0.2, 0.25) is 0 Å². The van der Waals surface area contributed by atoms with Crippen molar-refractivity contribution in [1.82, 2.24) is 0 Å². The summed E-state index contributed by atoms with van der Waals surface area (Å²) < 4.78 is 0. The third kappa shape index (κ3) is 1.78. The van der Waals surface area contributed by atoms with Gasteiger partial charge in [0, 0.05) is 6.42 Å². The van der Waals surface area contributed by atoms with E-state index in [-0.39, 0.29) is 17.1 Å². The van der Waals surface area contributed by atoms with Gasteiger partial charge in [0.05, 0.1) is 5.41 Å². The summed E-state index contributed by atoms with van der Waals surface area (Å²) in [4.78, 5) is 23.5. The summed E-state index contributed by atoms with van der Waals surface area (Å²) in [5, 5.41) is 9.72. The number of carboxylic acid groups (broad SMARTS) is 1. The lowest BCUT2D eigenvalue weighted by Gasteiger charge is -2.58. The summed E-state index contributed by atoms with van der Waals surface area (Å²) in [5.41, 5.74) is 0.783. The molecular weight excluding hydrogens is 252 g/mol. The zero-order valence-corrected chi connectivity index (χ0v) is 12.4. The number of hydrogen-bond acceptors (Lipinski definition) is 2. The Bertz CT molecular complexity index is 492. The minimum atomic E-state index is -0.632. The molecule has 0 bridgehead atoms. The van der Waals surface area contributed by atoms with Crippen molar-refractivity contribution in [1.29, 1.82) is 0 Å². The van der Waals surface area contributed by atoms with Crippen LogP contribution in [0.3, 0.4) is 0 Å². The number of hydrogen-bond donors (Lipinski definition) is 1. The van der Waals surface area contributed by atoms with E-state index in [0.717, 1.165) is 38.5 Å². The molecule has 20 heavy (non-hydrogen) atoms. The molecule has 0 aromatic carbocycles. The van der Waals surface area contributed by atoms with E-state index in [1.807, 2.05) is 13.0 Å². The van der Waals surface area contributed by atoms with E-state index in [0.29, 0.717) is 12.3 Å². The van der Waals surface area contributed by atoms with Gasteiger partial charge in [-0.25, -0.2) is 0 Å². The van der Waals surface area contributed by atoms with Crippen molar-refractivity contribution in [2.75, 3.05) is 0 Å². The van der Waals surface area contributed by atoms with Crippen LogP contribution in [0.2, 0.25) is 0 Å². The molecule has 0 aromatic rings. The smallest absolute Gasteiger partial charge is 0.309 e. The molecule has 3 aliphatic rings. The van der Waals surface area contributed by atoms with Gasteiger partial charge in [-0.15, -0.1) is 0 Å². The Kier molecular flexibility index (Phi) is 3.07. The van der Waals surface area contributed by atoms with Crippen LogP contribution in [0.1, 0.15) is 58.8 Å². The quantitative estimate of drug-likeness (QED) is 0.796. The molecule has 0 aromatic heterocycles. The van der Waals surface area contributed by atoms with Gasteiger partial charge in [-0.05, 0) is 62.4 Å². The highest BCUT2D eigenvalue weighted by molar-refractivity contribution is 5.91. The Labute approximate surface area is 120 Å². The van der Waals surface area contributed by atoms with Gasteiger partial charge in [0.25, 0.3) is 0 Å². The molecule has 0 saturated heterocycles. The summed E-state index contributed by atoms with van der Waals surface area (Å²) in [7, 11) is 0. The second-order valence-electron chi connectivity index (χ2n) is 7.45. The van der Waals surface area contributed by atoms with E-state index in [9.17, 15) is 14.7 Å². The summed E-state index contributed by atoms with van der Waals surface area (Å²) >= 11 is 0. The molecular formula is C17H24O3. The van der Waals surface area contributed by atoms with Gasteiger partial charge >= 0.3 is 5.97 Å². The molecule has 2 fully saturated rings. The molecule has 3 nitrogen and oxygen atoms in total. The average molecular weight is 276 g/mol. The molecule has 1 N–H and O–H groups in total. The fraction of sp³-hybridized carbons (Fsp3) is 0.765. The third-order valence-electron chi connectivity index (χ3n) is 6.46. The van der Waals surface area contributed by atoms with Crippen LogP contribution in [0.5, 0.6) is 0 Å². The van der Waals surface area contributed by atoms with Crippen LogP contribution in [0.4, 0.5) is 0 Å². The van der Waals surface area contributed by atoms with Gasteiger partial charge in [-0.3, -0.25) is 9.59 Å². The molecule has 2 saturated carbocycles. The number of carboxylic acids is 1. The molecule has 0 heterocycles.